The van der Waals surface area contributed by atoms with Gasteiger partial charge >= 0.3 is 5.97 Å². The fraction of sp³-hybridized carbons (Fsp3) is 0.562. The first-order valence-electron chi connectivity index (χ1n) is 6.90. The Bertz CT molecular complexity index is 459. The van der Waals surface area contributed by atoms with Gasteiger partial charge in [-0.15, -0.1) is 0 Å². The van der Waals surface area contributed by atoms with Crippen molar-refractivity contribution >= 4 is 5.97 Å². The summed E-state index contributed by atoms with van der Waals surface area (Å²) < 4.78 is 10.6. The largest absolute Gasteiger partial charge is 0.493 e. The first-order chi connectivity index (χ1) is 9.42. The number of rotatable bonds is 7. The van der Waals surface area contributed by atoms with Gasteiger partial charge in [0.25, 0.3) is 0 Å². The van der Waals surface area contributed by atoms with Gasteiger partial charge in [-0.3, -0.25) is 4.79 Å². The lowest BCUT2D eigenvalue weighted by molar-refractivity contribution is -0.148. The second-order valence-electron chi connectivity index (χ2n) is 5.29. The summed E-state index contributed by atoms with van der Waals surface area (Å²) in [6.45, 7) is 6.50. The van der Waals surface area contributed by atoms with Crippen molar-refractivity contribution in [1.82, 2.24) is 5.32 Å². The van der Waals surface area contributed by atoms with E-state index >= 15 is 0 Å². The Morgan fingerprint density at radius 2 is 2.05 bits per heavy atom. The van der Waals surface area contributed by atoms with Crippen LogP contribution in [0.1, 0.15) is 30.9 Å². The Hall–Kier alpha value is -1.55. The number of carbonyl (C=O) groups is 1. The van der Waals surface area contributed by atoms with Gasteiger partial charge in [-0.25, -0.2) is 0 Å². The van der Waals surface area contributed by atoms with Gasteiger partial charge < -0.3 is 14.8 Å². The van der Waals surface area contributed by atoms with Crippen LogP contribution in [0.25, 0.3) is 0 Å². The van der Waals surface area contributed by atoms with E-state index in [0.717, 1.165) is 17.7 Å². The highest BCUT2D eigenvalue weighted by atomic mass is 16.5. The van der Waals surface area contributed by atoms with Gasteiger partial charge in [0.2, 0.25) is 0 Å². The van der Waals surface area contributed by atoms with Gasteiger partial charge in [0.05, 0.1) is 13.7 Å². The van der Waals surface area contributed by atoms with Crippen LogP contribution in [-0.4, -0.2) is 32.3 Å². The van der Waals surface area contributed by atoms with Crippen LogP contribution in [0.2, 0.25) is 0 Å². The molecule has 0 saturated heterocycles. The van der Waals surface area contributed by atoms with Crippen molar-refractivity contribution in [1.29, 1.82) is 0 Å². The van der Waals surface area contributed by atoms with Crippen molar-refractivity contribution in [3.8, 4) is 5.75 Å². The molecule has 0 amide bonds. The van der Waals surface area contributed by atoms with E-state index in [9.17, 15) is 4.79 Å². The number of aryl methyl sites for hydroxylation is 2. The zero-order valence-corrected chi connectivity index (χ0v) is 13.1. The molecule has 1 N–H and O–H groups in total. The highest BCUT2D eigenvalue weighted by Gasteiger charge is 2.31. The van der Waals surface area contributed by atoms with Crippen LogP contribution in [0.5, 0.6) is 5.75 Å². The smallest absolute Gasteiger partial charge is 0.325 e. The maximum atomic E-state index is 11.7. The summed E-state index contributed by atoms with van der Waals surface area (Å²) in [5.41, 5.74) is 1.65. The molecule has 1 unspecified atom stereocenters. The van der Waals surface area contributed by atoms with Crippen LogP contribution in [0.15, 0.2) is 18.2 Å². The monoisotopic (exact) mass is 279 g/mol. The third kappa shape index (κ3) is 4.23. The van der Waals surface area contributed by atoms with Crippen LogP contribution in [0.4, 0.5) is 0 Å². The maximum Gasteiger partial charge on any atom is 0.325 e. The molecule has 0 aliphatic rings. The number of ether oxygens (including phenoxy) is 2. The summed E-state index contributed by atoms with van der Waals surface area (Å²) in [7, 11) is 3.17. The highest BCUT2D eigenvalue weighted by Crippen LogP contribution is 2.20. The predicted molar refractivity (Wildman–Crippen MR) is 80.1 cm³/mol. The standard InChI is InChI=1S/C16H25NO3/c1-12-7-8-13(2)14(11-12)20-10-6-9-16(3,17-4)15(18)19-5/h7-8,11,17H,6,9-10H2,1-5H3. The first kappa shape index (κ1) is 16.5. The van der Waals surface area contributed by atoms with Gasteiger partial charge in [-0.05, 0) is 57.9 Å². The Morgan fingerprint density at radius 1 is 1.35 bits per heavy atom. The molecule has 1 aromatic carbocycles. The summed E-state index contributed by atoms with van der Waals surface area (Å²) in [6.07, 6.45) is 1.45. The topological polar surface area (TPSA) is 47.6 Å². The number of hydrogen-bond acceptors (Lipinski definition) is 4. The molecule has 0 saturated carbocycles. The van der Waals surface area contributed by atoms with E-state index in [1.54, 1.807) is 7.05 Å². The number of benzene rings is 1. The molecule has 1 atom stereocenters. The van der Waals surface area contributed by atoms with Gasteiger partial charge in [0, 0.05) is 0 Å². The minimum Gasteiger partial charge on any atom is -0.493 e. The minimum atomic E-state index is -0.653. The van der Waals surface area contributed by atoms with Gasteiger partial charge in [0.15, 0.2) is 0 Å². The molecule has 0 aliphatic carbocycles. The second kappa shape index (κ2) is 7.29. The molecule has 1 aromatic rings. The average Bonchev–Trinajstić information content (AvgIpc) is 2.45. The molecule has 0 heterocycles. The van der Waals surface area contributed by atoms with Crippen LogP contribution >= 0.6 is 0 Å². The van der Waals surface area contributed by atoms with Crippen LogP contribution in [-0.2, 0) is 9.53 Å². The Balaban J connectivity index is 2.48. The number of carbonyl (C=O) groups excluding carboxylic acids is 1. The van der Waals surface area contributed by atoms with E-state index in [1.165, 1.54) is 12.7 Å². The lowest BCUT2D eigenvalue weighted by Crippen LogP contribution is -2.48. The zero-order chi connectivity index (χ0) is 15.2. The zero-order valence-electron chi connectivity index (χ0n) is 13.1. The summed E-state index contributed by atoms with van der Waals surface area (Å²) >= 11 is 0. The molecule has 1 rings (SSSR count). The third-order valence-electron chi connectivity index (χ3n) is 3.61. The molecular weight excluding hydrogens is 254 g/mol. The van der Waals surface area contributed by atoms with E-state index in [1.807, 2.05) is 26.8 Å². The van der Waals surface area contributed by atoms with Crippen molar-refractivity contribution in [3.05, 3.63) is 29.3 Å². The summed E-state index contributed by atoms with van der Waals surface area (Å²) in [5.74, 6) is 0.668. The average molecular weight is 279 g/mol. The number of hydrogen-bond donors (Lipinski definition) is 1. The van der Waals surface area contributed by atoms with E-state index in [2.05, 4.69) is 17.4 Å². The van der Waals surface area contributed by atoms with Crippen LogP contribution in [0, 0.1) is 13.8 Å². The minimum absolute atomic E-state index is 0.244. The van der Waals surface area contributed by atoms with Crippen molar-refractivity contribution in [2.75, 3.05) is 20.8 Å². The second-order valence-corrected chi connectivity index (χ2v) is 5.29. The number of methoxy groups -OCH3 is 1. The lowest BCUT2D eigenvalue weighted by atomic mass is 9.96. The molecule has 0 bridgehead atoms. The molecule has 0 radical (unpaired) electrons. The van der Waals surface area contributed by atoms with Gasteiger partial charge in [-0.2, -0.15) is 0 Å². The highest BCUT2D eigenvalue weighted by molar-refractivity contribution is 5.80. The van der Waals surface area contributed by atoms with Gasteiger partial charge in [-0.1, -0.05) is 12.1 Å². The van der Waals surface area contributed by atoms with Crippen molar-refractivity contribution in [3.63, 3.8) is 0 Å². The molecule has 4 nitrogen and oxygen atoms in total. The van der Waals surface area contributed by atoms with Crippen molar-refractivity contribution in [2.24, 2.45) is 0 Å². The molecule has 0 aliphatic heterocycles. The van der Waals surface area contributed by atoms with E-state index < -0.39 is 5.54 Å². The van der Waals surface area contributed by atoms with E-state index in [0.29, 0.717) is 13.0 Å². The van der Waals surface area contributed by atoms with E-state index in [-0.39, 0.29) is 5.97 Å². The predicted octanol–water partition coefficient (Wildman–Crippen LogP) is 2.61. The molecular formula is C16H25NO3. The molecule has 0 fully saturated rings. The Morgan fingerprint density at radius 3 is 2.65 bits per heavy atom. The maximum absolute atomic E-state index is 11.7. The van der Waals surface area contributed by atoms with Crippen molar-refractivity contribution in [2.45, 2.75) is 39.2 Å². The van der Waals surface area contributed by atoms with Gasteiger partial charge in [0.1, 0.15) is 11.3 Å². The first-order valence-corrected chi connectivity index (χ1v) is 6.90. The number of likely N-dealkylation sites (N-methyl/N-ethyl adjacent to an activating group) is 1. The molecule has 4 heteroatoms. The van der Waals surface area contributed by atoms with Crippen LogP contribution < -0.4 is 10.1 Å². The third-order valence-corrected chi connectivity index (χ3v) is 3.61. The molecule has 112 valence electrons. The molecule has 0 spiro atoms. The van der Waals surface area contributed by atoms with E-state index in [4.69, 9.17) is 9.47 Å². The number of esters is 1. The lowest BCUT2D eigenvalue weighted by Gasteiger charge is -2.26. The fourth-order valence-electron chi connectivity index (χ4n) is 2.03. The number of nitrogens with one attached hydrogen (secondary N) is 1. The Kier molecular flexibility index (Phi) is 6.02. The van der Waals surface area contributed by atoms with Crippen LogP contribution in [0.3, 0.4) is 0 Å². The normalized spacial score (nSPS) is 13.7. The Labute approximate surface area is 121 Å². The molecule has 0 aromatic heterocycles. The summed E-state index contributed by atoms with van der Waals surface area (Å²) in [5, 5.41) is 3.02. The molecule has 20 heavy (non-hydrogen) atoms. The quantitative estimate of drug-likeness (QED) is 0.615. The fourth-order valence-corrected chi connectivity index (χ4v) is 2.03. The SMILES string of the molecule is CNC(C)(CCCOc1cc(C)ccc1C)C(=O)OC. The summed E-state index contributed by atoms with van der Waals surface area (Å²) in [6, 6.07) is 6.15. The van der Waals surface area contributed by atoms with Crippen molar-refractivity contribution < 1.29 is 14.3 Å². The summed E-state index contributed by atoms with van der Waals surface area (Å²) in [4.78, 5) is 11.7.